The Hall–Kier alpha value is -1.45. The molecule has 2 aromatic carbocycles. The molecule has 4 heteroatoms. The Kier molecular flexibility index (Phi) is 3.07. The van der Waals surface area contributed by atoms with E-state index in [-0.39, 0.29) is 32.7 Å². The molecule has 0 spiro atoms. The first-order chi connectivity index (χ1) is 10.3. The van der Waals surface area contributed by atoms with Gasteiger partial charge < -0.3 is 14.2 Å². The van der Waals surface area contributed by atoms with Crippen LogP contribution in [0.5, 0.6) is 0 Å². The molecule has 3 heterocycles. The van der Waals surface area contributed by atoms with Gasteiger partial charge in [0.05, 0.1) is 6.17 Å². The quantitative estimate of drug-likeness (QED) is 0.561. The fourth-order valence-electron chi connectivity index (χ4n) is 3.74. The van der Waals surface area contributed by atoms with Crippen molar-refractivity contribution >= 4 is 27.6 Å². The first-order valence-corrected chi connectivity index (χ1v) is 7.22. The van der Waals surface area contributed by atoms with E-state index in [0.717, 1.165) is 11.2 Å². The molecule has 22 heavy (non-hydrogen) atoms. The second-order valence-electron chi connectivity index (χ2n) is 5.86. The van der Waals surface area contributed by atoms with Crippen molar-refractivity contribution in [3.05, 3.63) is 60.3 Å². The van der Waals surface area contributed by atoms with Crippen molar-refractivity contribution in [1.29, 1.82) is 0 Å². The molecule has 0 aliphatic carbocycles. The van der Waals surface area contributed by atoms with Crippen molar-refractivity contribution < 1.29 is 37.1 Å². The normalized spacial score (nSPS) is 19.0. The number of fused-ring (bicyclic) bond motifs is 7. The maximum absolute atomic E-state index is 6.18. The van der Waals surface area contributed by atoms with Crippen LogP contribution in [-0.4, -0.2) is 18.1 Å². The number of furan rings is 1. The minimum absolute atomic E-state index is 0. The monoisotopic (exact) mass is 364 g/mol. The van der Waals surface area contributed by atoms with Crippen LogP contribution in [0.1, 0.15) is 12.5 Å². The Labute approximate surface area is 154 Å². The third-order valence-electron chi connectivity index (χ3n) is 4.70. The zero-order valence-corrected chi connectivity index (χ0v) is 15.4. The molecular weight excluding hydrogens is 349 g/mol. The van der Waals surface area contributed by atoms with Crippen molar-refractivity contribution in [2.45, 2.75) is 13.1 Å². The molecule has 0 fully saturated rings. The van der Waals surface area contributed by atoms with Crippen molar-refractivity contribution in [2.75, 3.05) is 11.9 Å². The zero-order valence-electron chi connectivity index (χ0n) is 12.6. The number of rotatable bonds is 0. The van der Waals surface area contributed by atoms with E-state index >= 15 is 0 Å². The molecule has 0 saturated heterocycles. The van der Waals surface area contributed by atoms with Crippen LogP contribution in [0.25, 0.3) is 21.9 Å². The van der Waals surface area contributed by atoms with Gasteiger partial charge in [-0.15, -0.1) is 12.0 Å². The molecule has 1 aromatic heterocycles. The molecule has 2 aliphatic rings. The van der Waals surface area contributed by atoms with E-state index < -0.39 is 0 Å². The van der Waals surface area contributed by atoms with Crippen LogP contribution in [0.3, 0.4) is 0 Å². The molecule has 0 amide bonds. The topological polar surface area (TPSA) is 19.6 Å². The van der Waals surface area contributed by atoms with Crippen LogP contribution in [0.15, 0.2) is 53.2 Å². The number of benzene rings is 2. The van der Waals surface area contributed by atoms with Crippen molar-refractivity contribution in [2.24, 2.45) is 0 Å². The predicted molar refractivity (Wildman–Crippen MR) is 84.9 cm³/mol. The standard InChI is InChI=1S/C18H15N2O.Y/c1-11-12-7-8-14-13-5-3-4-6-15(13)21-17(14)16(12)20-10-9-19(2)18(11)20;/h3-10,18H,1-2H3;/q-1;. The SMILES string of the molecule is C[C-]1c2ccc3c(oc4ccccc43)c2N2C=CN(C)C12.[Y]. The summed E-state index contributed by atoms with van der Waals surface area (Å²) in [5, 5.41) is 2.38. The van der Waals surface area contributed by atoms with Gasteiger partial charge in [-0.05, 0) is 11.8 Å². The fourth-order valence-corrected chi connectivity index (χ4v) is 3.74. The number of nitrogens with zero attached hydrogens (tertiary/aromatic N) is 2. The van der Waals surface area contributed by atoms with Gasteiger partial charge in [0, 0.05) is 62.9 Å². The largest absolute Gasteiger partial charge is 0.467 e. The van der Waals surface area contributed by atoms with Gasteiger partial charge in [0.2, 0.25) is 0 Å². The van der Waals surface area contributed by atoms with E-state index in [1.165, 1.54) is 27.9 Å². The molecule has 1 radical (unpaired) electrons. The van der Waals surface area contributed by atoms with Crippen LogP contribution in [0.2, 0.25) is 0 Å². The van der Waals surface area contributed by atoms with Gasteiger partial charge in [-0.3, -0.25) is 0 Å². The third-order valence-corrected chi connectivity index (χ3v) is 4.70. The fraction of sp³-hybridized carbons (Fsp3) is 0.167. The number of hydrogen-bond donors (Lipinski definition) is 0. The number of para-hydroxylation sites is 1. The van der Waals surface area contributed by atoms with Crippen LogP contribution in [0, 0.1) is 5.92 Å². The van der Waals surface area contributed by atoms with E-state index in [9.17, 15) is 0 Å². The molecular formula is C18H15N2OY-. The average molecular weight is 364 g/mol. The molecule has 5 rings (SSSR count). The Morgan fingerprint density at radius 1 is 1.05 bits per heavy atom. The molecule has 3 nitrogen and oxygen atoms in total. The smallest absolute Gasteiger partial charge is 0.133 e. The summed E-state index contributed by atoms with van der Waals surface area (Å²) >= 11 is 0. The molecule has 2 aliphatic heterocycles. The summed E-state index contributed by atoms with van der Waals surface area (Å²) in [6.45, 7) is 2.21. The van der Waals surface area contributed by atoms with Gasteiger partial charge in [-0.2, -0.15) is 11.6 Å². The van der Waals surface area contributed by atoms with Crippen molar-refractivity contribution in [3.8, 4) is 0 Å². The summed E-state index contributed by atoms with van der Waals surface area (Å²) < 4.78 is 6.18. The van der Waals surface area contributed by atoms with E-state index in [4.69, 9.17) is 4.42 Å². The summed E-state index contributed by atoms with van der Waals surface area (Å²) in [4.78, 5) is 4.55. The summed E-state index contributed by atoms with van der Waals surface area (Å²) in [5.41, 5.74) is 4.45. The summed E-state index contributed by atoms with van der Waals surface area (Å²) in [6, 6.07) is 12.7. The van der Waals surface area contributed by atoms with Crippen LogP contribution in [0.4, 0.5) is 5.69 Å². The maximum atomic E-state index is 6.18. The van der Waals surface area contributed by atoms with Crippen LogP contribution < -0.4 is 4.90 Å². The van der Waals surface area contributed by atoms with E-state index in [1.54, 1.807) is 0 Å². The molecule has 1 atom stereocenters. The first-order valence-electron chi connectivity index (χ1n) is 7.22. The third kappa shape index (κ3) is 1.61. The average Bonchev–Trinajstić information content (AvgIpc) is 3.13. The molecule has 107 valence electrons. The second kappa shape index (κ2) is 4.77. The summed E-state index contributed by atoms with van der Waals surface area (Å²) in [5.74, 6) is 1.37. The van der Waals surface area contributed by atoms with E-state index in [2.05, 4.69) is 60.4 Å². The Balaban J connectivity index is 0.00000125. The predicted octanol–water partition coefficient (Wildman–Crippen LogP) is 4.09. The zero-order chi connectivity index (χ0) is 14.1. The maximum Gasteiger partial charge on any atom is 0.133 e. The second-order valence-corrected chi connectivity index (χ2v) is 5.86. The first kappa shape index (κ1) is 14.2. The van der Waals surface area contributed by atoms with Gasteiger partial charge >= 0.3 is 0 Å². The van der Waals surface area contributed by atoms with Crippen LogP contribution >= 0.6 is 0 Å². The van der Waals surface area contributed by atoms with Gasteiger partial charge in [0.1, 0.15) is 11.2 Å². The Morgan fingerprint density at radius 2 is 1.86 bits per heavy atom. The number of hydrogen-bond acceptors (Lipinski definition) is 3. The Bertz CT molecular complexity index is 914. The van der Waals surface area contributed by atoms with E-state index in [0.29, 0.717) is 6.17 Å². The van der Waals surface area contributed by atoms with Gasteiger partial charge in [-0.1, -0.05) is 25.1 Å². The molecule has 1 unspecified atom stereocenters. The van der Waals surface area contributed by atoms with Gasteiger partial charge in [0.25, 0.3) is 0 Å². The van der Waals surface area contributed by atoms with Gasteiger partial charge in [0.15, 0.2) is 0 Å². The van der Waals surface area contributed by atoms with Crippen molar-refractivity contribution in [1.82, 2.24) is 4.90 Å². The molecule has 3 aromatic rings. The number of likely N-dealkylation sites (N-methyl/N-ethyl adjacent to an activating group) is 1. The molecule has 0 saturated carbocycles. The minimum atomic E-state index is 0. The summed E-state index contributed by atoms with van der Waals surface area (Å²) in [7, 11) is 2.12. The molecule has 0 bridgehead atoms. The van der Waals surface area contributed by atoms with E-state index in [1.807, 2.05) is 12.1 Å². The van der Waals surface area contributed by atoms with Crippen LogP contribution in [-0.2, 0) is 32.7 Å². The minimum Gasteiger partial charge on any atom is -0.467 e. The number of anilines is 1. The van der Waals surface area contributed by atoms with Gasteiger partial charge in [-0.25, -0.2) is 0 Å². The Morgan fingerprint density at radius 3 is 2.73 bits per heavy atom. The summed E-state index contributed by atoms with van der Waals surface area (Å²) in [6.07, 6.45) is 4.56. The van der Waals surface area contributed by atoms with Crippen molar-refractivity contribution in [3.63, 3.8) is 0 Å². The molecule has 0 N–H and O–H groups in total.